The number of rotatable bonds is 3. The van der Waals surface area contributed by atoms with Crippen molar-refractivity contribution in [1.82, 2.24) is 0 Å². The molecule has 4 heteroatoms. The molecule has 0 saturated heterocycles. The number of nitrogens with zero attached hydrogens (tertiary/aromatic N) is 3. The first kappa shape index (κ1) is 10.5. The lowest BCUT2D eigenvalue weighted by Crippen LogP contribution is -2.30. The van der Waals surface area contributed by atoms with E-state index in [2.05, 4.69) is 4.98 Å². The summed E-state index contributed by atoms with van der Waals surface area (Å²) in [4.78, 5) is 4.82. The lowest BCUT2D eigenvalue weighted by Gasteiger charge is -2.24. The van der Waals surface area contributed by atoms with Gasteiger partial charge < -0.3 is 10.0 Å². The van der Waals surface area contributed by atoms with Crippen LogP contribution in [-0.2, 0) is 0 Å². The van der Waals surface area contributed by atoms with E-state index in [1.807, 2.05) is 14.0 Å². The molecule has 1 atom stereocenters. The number of aliphatic hydroxyl groups excluding tert-OH is 1. The van der Waals surface area contributed by atoms with Crippen LogP contribution in [0.25, 0.3) is 4.98 Å². The van der Waals surface area contributed by atoms with E-state index in [4.69, 9.17) is 5.39 Å². The predicted molar refractivity (Wildman–Crippen MR) is 55.9 cm³/mol. The number of aliphatic hydroxyl groups is 1. The Labute approximate surface area is 83.4 Å². The molecule has 1 aromatic rings. The van der Waals surface area contributed by atoms with E-state index >= 15 is 0 Å². The summed E-state index contributed by atoms with van der Waals surface area (Å²) in [6.45, 7) is 1.92. The molecule has 0 fully saturated rings. The molecule has 1 rings (SSSR count). The van der Waals surface area contributed by atoms with Crippen LogP contribution in [0.3, 0.4) is 0 Å². The summed E-state index contributed by atoms with van der Waals surface area (Å²) in [5, 5.41) is 18.0. The molecule has 0 saturated carbocycles. The van der Waals surface area contributed by atoms with Gasteiger partial charge in [-0.3, -0.25) is 0 Å². The van der Waals surface area contributed by atoms with E-state index in [9.17, 15) is 5.11 Å². The molecule has 0 heterocycles. The molecule has 14 heavy (non-hydrogen) atoms. The molecule has 0 radical (unpaired) electrons. The fourth-order valence-electron chi connectivity index (χ4n) is 1.20. The Kier molecular flexibility index (Phi) is 3.43. The van der Waals surface area contributed by atoms with Crippen molar-refractivity contribution in [2.75, 3.05) is 11.9 Å². The zero-order valence-corrected chi connectivity index (χ0v) is 8.38. The summed E-state index contributed by atoms with van der Waals surface area (Å²) in [5.74, 6) is 0. The summed E-state index contributed by atoms with van der Waals surface area (Å²) in [5.41, 5.74) is 1.40. The number of anilines is 1. The highest BCUT2D eigenvalue weighted by atomic mass is 16.3. The largest absolute Gasteiger partial charge is 0.385 e. The number of hydrogen-bond donors (Lipinski definition) is 1. The minimum Gasteiger partial charge on any atom is -0.374 e. The van der Waals surface area contributed by atoms with Crippen LogP contribution < -0.4 is 4.90 Å². The molecule has 1 N–H and O–H groups in total. The third-order valence-corrected chi connectivity index (χ3v) is 2.18. The Morgan fingerprint density at radius 1 is 1.43 bits per heavy atom. The average Bonchev–Trinajstić information content (AvgIpc) is 2.27. The lowest BCUT2D eigenvalue weighted by atomic mass is 10.2. The Morgan fingerprint density at radius 2 is 2.00 bits per heavy atom. The SMILES string of the molecule is CCC(O)N(C)c1ccc([N+]#N)cc1. The van der Waals surface area contributed by atoms with Crippen molar-refractivity contribution in [3.8, 4) is 0 Å². The van der Waals surface area contributed by atoms with Crippen LogP contribution >= 0.6 is 0 Å². The third kappa shape index (κ3) is 2.21. The van der Waals surface area contributed by atoms with Gasteiger partial charge in [0.05, 0.1) is 0 Å². The molecule has 0 aliphatic heterocycles. The van der Waals surface area contributed by atoms with Gasteiger partial charge in [0.1, 0.15) is 6.23 Å². The topological polar surface area (TPSA) is 51.6 Å². The fourth-order valence-corrected chi connectivity index (χ4v) is 1.20. The smallest absolute Gasteiger partial charge is 0.374 e. The highest BCUT2D eigenvalue weighted by molar-refractivity contribution is 5.55. The lowest BCUT2D eigenvalue weighted by molar-refractivity contribution is 0.171. The van der Waals surface area contributed by atoms with Crippen LogP contribution in [-0.4, -0.2) is 18.4 Å². The van der Waals surface area contributed by atoms with E-state index < -0.39 is 6.23 Å². The standard InChI is InChI=1S/C10H14N3O/c1-3-10(14)13(2)9-6-4-8(12-11)5-7-9/h4-7,10,14H,3H2,1-2H3/q+1. The van der Waals surface area contributed by atoms with Gasteiger partial charge in [-0.2, -0.15) is 0 Å². The third-order valence-electron chi connectivity index (χ3n) is 2.18. The van der Waals surface area contributed by atoms with Crippen LogP contribution in [0.5, 0.6) is 0 Å². The van der Waals surface area contributed by atoms with Gasteiger partial charge in [-0.1, -0.05) is 6.92 Å². The van der Waals surface area contributed by atoms with Crippen LogP contribution in [0.15, 0.2) is 24.3 Å². The molecule has 0 spiro atoms. The number of benzene rings is 1. The van der Waals surface area contributed by atoms with Crippen LogP contribution in [0.2, 0.25) is 0 Å². The summed E-state index contributed by atoms with van der Waals surface area (Å²) >= 11 is 0. The van der Waals surface area contributed by atoms with Crippen molar-refractivity contribution < 1.29 is 5.11 Å². The Bertz CT molecular complexity index is 328. The minimum absolute atomic E-state index is 0.480. The Morgan fingerprint density at radius 3 is 2.43 bits per heavy atom. The van der Waals surface area contributed by atoms with E-state index in [-0.39, 0.29) is 0 Å². The highest BCUT2D eigenvalue weighted by Crippen LogP contribution is 2.20. The molecular weight excluding hydrogens is 178 g/mol. The van der Waals surface area contributed by atoms with Gasteiger partial charge in [0, 0.05) is 24.9 Å². The van der Waals surface area contributed by atoms with Crippen LogP contribution in [0, 0.1) is 5.39 Å². The molecule has 0 bridgehead atoms. The molecule has 4 nitrogen and oxygen atoms in total. The van der Waals surface area contributed by atoms with Crippen molar-refractivity contribution in [1.29, 1.82) is 5.39 Å². The minimum atomic E-state index is -0.480. The molecule has 0 aliphatic rings. The van der Waals surface area contributed by atoms with Crippen LogP contribution in [0.1, 0.15) is 13.3 Å². The second kappa shape index (κ2) is 4.58. The van der Waals surface area contributed by atoms with Crippen LogP contribution in [0.4, 0.5) is 11.4 Å². The van der Waals surface area contributed by atoms with E-state index in [0.29, 0.717) is 12.1 Å². The van der Waals surface area contributed by atoms with Gasteiger partial charge in [0.2, 0.25) is 5.39 Å². The van der Waals surface area contributed by atoms with E-state index in [1.165, 1.54) is 0 Å². The predicted octanol–water partition coefficient (Wildman–Crippen LogP) is 2.34. The van der Waals surface area contributed by atoms with E-state index in [1.54, 1.807) is 29.2 Å². The van der Waals surface area contributed by atoms with Crippen molar-refractivity contribution in [2.45, 2.75) is 19.6 Å². The first-order valence-corrected chi connectivity index (χ1v) is 4.55. The van der Waals surface area contributed by atoms with Crippen molar-refractivity contribution in [3.63, 3.8) is 0 Å². The summed E-state index contributed by atoms with van der Waals surface area (Å²) in [6.07, 6.45) is 0.190. The first-order chi connectivity index (χ1) is 6.69. The molecule has 0 aliphatic carbocycles. The van der Waals surface area contributed by atoms with Crippen molar-refractivity contribution >= 4 is 11.4 Å². The maximum absolute atomic E-state index is 9.56. The number of hydrogen-bond acceptors (Lipinski definition) is 3. The van der Waals surface area contributed by atoms with Gasteiger partial charge in [-0.25, -0.2) is 0 Å². The quantitative estimate of drug-likeness (QED) is 0.590. The van der Waals surface area contributed by atoms with Crippen molar-refractivity contribution in [3.05, 3.63) is 29.2 Å². The monoisotopic (exact) mass is 192 g/mol. The molecular formula is C10H14N3O+. The van der Waals surface area contributed by atoms with E-state index in [0.717, 1.165) is 5.69 Å². The Balaban J connectivity index is 2.82. The van der Waals surface area contributed by atoms with Gasteiger partial charge in [0.25, 0.3) is 0 Å². The maximum atomic E-state index is 9.56. The Hall–Kier alpha value is -1.60. The normalized spacial score (nSPS) is 11.9. The average molecular weight is 192 g/mol. The summed E-state index contributed by atoms with van der Waals surface area (Å²) in [6, 6.07) is 6.98. The molecule has 1 aromatic carbocycles. The second-order valence-electron chi connectivity index (χ2n) is 3.12. The summed E-state index contributed by atoms with van der Waals surface area (Å²) < 4.78 is 0. The van der Waals surface area contributed by atoms with Gasteiger partial charge >= 0.3 is 5.69 Å². The summed E-state index contributed by atoms with van der Waals surface area (Å²) in [7, 11) is 1.82. The molecule has 0 aromatic heterocycles. The second-order valence-corrected chi connectivity index (χ2v) is 3.12. The molecule has 1 unspecified atom stereocenters. The highest BCUT2D eigenvalue weighted by Gasteiger charge is 2.10. The maximum Gasteiger partial charge on any atom is 0.385 e. The first-order valence-electron chi connectivity index (χ1n) is 4.55. The van der Waals surface area contributed by atoms with Gasteiger partial charge in [0.15, 0.2) is 4.98 Å². The van der Waals surface area contributed by atoms with Gasteiger partial charge in [-0.05, 0) is 18.6 Å². The zero-order chi connectivity index (χ0) is 10.6. The van der Waals surface area contributed by atoms with Gasteiger partial charge in [-0.15, -0.1) is 0 Å². The fraction of sp³-hybridized carbons (Fsp3) is 0.400. The van der Waals surface area contributed by atoms with Crippen molar-refractivity contribution in [2.24, 2.45) is 0 Å². The number of diazo groups is 1. The molecule has 0 amide bonds. The zero-order valence-electron chi connectivity index (χ0n) is 8.38. The molecule has 74 valence electrons.